The zero-order valence-corrected chi connectivity index (χ0v) is 16.4. The first-order valence-electron chi connectivity index (χ1n) is 9.18. The van der Waals surface area contributed by atoms with Crippen molar-refractivity contribution >= 4 is 17.5 Å². The van der Waals surface area contributed by atoms with Crippen LogP contribution in [0.15, 0.2) is 42.7 Å². The van der Waals surface area contributed by atoms with Crippen LogP contribution in [-0.2, 0) is 16.0 Å². The van der Waals surface area contributed by atoms with Crippen molar-refractivity contribution in [1.29, 1.82) is 0 Å². The van der Waals surface area contributed by atoms with E-state index in [0.29, 0.717) is 36.6 Å². The topological polar surface area (TPSA) is 80.8 Å². The molecule has 28 heavy (non-hydrogen) atoms. The van der Waals surface area contributed by atoms with E-state index in [-0.39, 0.29) is 11.8 Å². The van der Waals surface area contributed by atoms with E-state index in [9.17, 15) is 9.59 Å². The maximum atomic E-state index is 12.9. The van der Waals surface area contributed by atoms with Gasteiger partial charge in [0.2, 0.25) is 11.8 Å². The average Bonchev–Trinajstić information content (AvgIpc) is 3.54. The van der Waals surface area contributed by atoms with Gasteiger partial charge in [-0.2, -0.15) is 0 Å². The van der Waals surface area contributed by atoms with Crippen LogP contribution in [-0.4, -0.2) is 49.5 Å². The molecule has 0 spiro atoms. The Kier molecular flexibility index (Phi) is 5.82. The molecule has 7 heteroatoms. The maximum Gasteiger partial charge on any atom is 0.240 e. The van der Waals surface area contributed by atoms with Crippen LogP contribution in [0, 0.1) is 5.41 Å². The highest BCUT2D eigenvalue weighted by Gasteiger charge is 2.57. The Hall–Kier alpha value is -3.09. The number of likely N-dealkylation sites (N-methyl/N-ethyl adjacent to an activating group) is 1. The Morgan fingerprint density at radius 2 is 1.79 bits per heavy atom. The van der Waals surface area contributed by atoms with E-state index in [2.05, 4.69) is 10.3 Å². The van der Waals surface area contributed by atoms with E-state index in [4.69, 9.17) is 9.47 Å². The summed E-state index contributed by atoms with van der Waals surface area (Å²) in [6.07, 6.45) is 5.31. The molecule has 148 valence electrons. The maximum absolute atomic E-state index is 12.9. The van der Waals surface area contributed by atoms with Gasteiger partial charge in [-0.05, 0) is 49.1 Å². The highest BCUT2D eigenvalue weighted by molar-refractivity contribution is 6.13. The smallest absolute Gasteiger partial charge is 0.240 e. The minimum Gasteiger partial charge on any atom is -0.493 e. The van der Waals surface area contributed by atoms with Crippen molar-refractivity contribution in [3.63, 3.8) is 0 Å². The Bertz CT molecular complexity index is 850. The van der Waals surface area contributed by atoms with Gasteiger partial charge in [-0.1, -0.05) is 0 Å². The number of hydrogen-bond acceptors (Lipinski definition) is 5. The predicted molar refractivity (Wildman–Crippen MR) is 105 cm³/mol. The van der Waals surface area contributed by atoms with Crippen LogP contribution in [0.25, 0.3) is 0 Å². The fraction of sp³-hybridized carbons (Fsp3) is 0.381. The second kappa shape index (κ2) is 8.29. The molecule has 0 radical (unpaired) electrons. The zero-order chi connectivity index (χ0) is 20.1. The van der Waals surface area contributed by atoms with Crippen LogP contribution in [0.1, 0.15) is 18.4 Å². The van der Waals surface area contributed by atoms with E-state index in [1.165, 1.54) is 7.11 Å². The number of rotatable bonds is 8. The van der Waals surface area contributed by atoms with Gasteiger partial charge in [-0.3, -0.25) is 14.6 Å². The normalized spacial score (nSPS) is 14.1. The second-order valence-electron chi connectivity index (χ2n) is 6.94. The lowest BCUT2D eigenvalue weighted by Crippen LogP contribution is -2.41. The molecule has 3 rings (SSSR count). The second-order valence-corrected chi connectivity index (χ2v) is 6.94. The molecular formula is C21H25N3O4. The van der Waals surface area contributed by atoms with Crippen LogP contribution in [0.2, 0.25) is 0 Å². The van der Waals surface area contributed by atoms with Gasteiger partial charge in [0.05, 0.1) is 14.2 Å². The molecule has 1 aliphatic carbocycles. The van der Waals surface area contributed by atoms with Gasteiger partial charge in [-0.15, -0.1) is 0 Å². The lowest BCUT2D eigenvalue weighted by molar-refractivity contribution is -0.141. The van der Waals surface area contributed by atoms with Crippen molar-refractivity contribution in [3.05, 3.63) is 48.3 Å². The zero-order valence-electron chi connectivity index (χ0n) is 16.4. The Morgan fingerprint density at radius 1 is 1.11 bits per heavy atom. The molecule has 7 nitrogen and oxygen atoms in total. The fourth-order valence-corrected chi connectivity index (χ4v) is 3.14. The van der Waals surface area contributed by atoms with Gasteiger partial charge < -0.3 is 19.7 Å². The first kappa shape index (κ1) is 19.7. The van der Waals surface area contributed by atoms with Gasteiger partial charge in [0.15, 0.2) is 11.5 Å². The lowest BCUT2D eigenvalue weighted by Gasteiger charge is -2.23. The summed E-state index contributed by atoms with van der Waals surface area (Å²) in [5.74, 6) is 0.680. The minimum absolute atomic E-state index is 0.139. The summed E-state index contributed by atoms with van der Waals surface area (Å²) < 4.78 is 10.5. The number of ether oxygens (including phenoxy) is 2. The van der Waals surface area contributed by atoms with Gasteiger partial charge in [0.1, 0.15) is 5.41 Å². The molecule has 2 amide bonds. The number of methoxy groups -OCH3 is 2. The van der Waals surface area contributed by atoms with Gasteiger partial charge in [0.25, 0.3) is 0 Å². The number of pyridine rings is 1. The number of nitrogens with zero attached hydrogens (tertiary/aromatic N) is 2. The third kappa shape index (κ3) is 4.08. The first-order valence-corrected chi connectivity index (χ1v) is 9.18. The number of amides is 2. The quantitative estimate of drug-likeness (QED) is 0.709. The molecule has 1 aromatic heterocycles. The molecule has 0 aliphatic heterocycles. The summed E-state index contributed by atoms with van der Waals surface area (Å²) >= 11 is 0. The summed E-state index contributed by atoms with van der Waals surface area (Å²) in [5.41, 5.74) is 0.704. The molecule has 1 aliphatic rings. The lowest BCUT2D eigenvalue weighted by atomic mass is 10.0. The third-order valence-electron chi connectivity index (χ3n) is 5.07. The van der Waals surface area contributed by atoms with Crippen molar-refractivity contribution in [2.75, 3.05) is 33.1 Å². The molecule has 0 bridgehead atoms. The molecule has 0 unspecified atom stereocenters. The van der Waals surface area contributed by atoms with E-state index in [1.54, 1.807) is 49.7 Å². The number of nitrogens with one attached hydrogen (secondary N) is 1. The summed E-state index contributed by atoms with van der Waals surface area (Å²) in [6.45, 7) is 0.550. The van der Waals surface area contributed by atoms with E-state index >= 15 is 0 Å². The van der Waals surface area contributed by atoms with Crippen LogP contribution in [0.3, 0.4) is 0 Å². The summed E-state index contributed by atoms with van der Waals surface area (Å²) in [5, 5.41) is 2.85. The number of carbonyl (C=O) groups excluding carboxylic acids is 2. The Morgan fingerprint density at radius 3 is 2.39 bits per heavy atom. The number of carbonyl (C=O) groups is 2. The van der Waals surface area contributed by atoms with Crippen LogP contribution in [0.4, 0.5) is 5.69 Å². The highest BCUT2D eigenvalue weighted by Crippen LogP contribution is 2.48. The molecule has 1 heterocycles. The molecular weight excluding hydrogens is 358 g/mol. The molecule has 1 aromatic carbocycles. The minimum atomic E-state index is -0.972. The number of aromatic nitrogens is 1. The van der Waals surface area contributed by atoms with Gasteiger partial charge in [-0.25, -0.2) is 0 Å². The Labute approximate surface area is 164 Å². The van der Waals surface area contributed by atoms with Crippen molar-refractivity contribution < 1.29 is 19.1 Å². The van der Waals surface area contributed by atoms with Gasteiger partial charge in [0, 0.05) is 37.7 Å². The fourth-order valence-electron chi connectivity index (χ4n) is 3.14. The molecule has 0 saturated heterocycles. The third-order valence-corrected chi connectivity index (χ3v) is 5.07. The van der Waals surface area contributed by atoms with E-state index < -0.39 is 5.41 Å². The summed E-state index contributed by atoms with van der Waals surface area (Å²) in [4.78, 5) is 31.4. The van der Waals surface area contributed by atoms with Crippen molar-refractivity contribution in [3.8, 4) is 11.5 Å². The van der Waals surface area contributed by atoms with E-state index in [1.807, 2.05) is 12.1 Å². The monoisotopic (exact) mass is 383 g/mol. The molecule has 1 N–H and O–H groups in total. The highest BCUT2D eigenvalue weighted by atomic mass is 16.5. The standard InChI is InChI=1S/C21H25N3O4/c1-24(13-8-15-6-11-22-12-7-15)20(26)21(9-10-21)19(25)23-16-4-5-17(27-2)18(14-16)28-3/h4-7,11-12,14H,8-10,13H2,1-3H3,(H,23,25). The SMILES string of the molecule is COc1ccc(NC(=O)C2(C(=O)N(C)CCc3ccncc3)CC2)cc1OC. The summed E-state index contributed by atoms with van der Waals surface area (Å²) in [6, 6.07) is 8.98. The molecule has 2 aromatic rings. The first-order chi connectivity index (χ1) is 13.5. The number of benzene rings is 1. The number of hydrogen-bond donors (Lipinski definition) is 1. The molecule has 0 atom stereocenters. The predicted octanol–water partition coefficient (Wildman–Crippen LogP) is 2.52. The van der Waals surface area contributed by atoms with Crippen molar-refractivity contribution in [2.45, 2.75) is 19.3 Å². The Balaban J connectivity index is 1.63. The van der Waals surface area contributed by atoms with Crippen molar-refractivity contribution in [2.24, 2.45) is 5.41 Å². The molecule has 1 fully saturated rings. The number of anilines is 1. The van der Waals surface area contributed by atoms with Crippen molar-refractivity contribution in [1.82, 2.24) is 9.88 Å². The van der Waals surface area contributed by atoms with Crippen LogP contribution < -0.4 is 14.8 Å². The largest absolute Gasteiger partial charge is 0.493 e. The van der Waals surface area contributed by atoms with Crippen LogP contribution >= 0.6 is 0 Å². The average molecular weight is 383 g/mol. The van der Waals surface area contributed by atoms with Gasteiger partial charge >= 0.3 is 0 Å². The molecule has 1 saturated carbocycles. The van der Waals surface area contributed by atoms with Crippen LogP contribution in [0.5, 0.6) is 11.5 Å². The van der Waals surface area contributed by atoms with E-state index in [0.717, 1.165) is 12.0 Å². The summed E-state index contributed by atoms with van der Waals surface area (Å²) in [7, 11) is 4.83.